The zero-order valence-corrected chi connectivity index (χ0v) is 11.6. The van der Waals surface area contributed by atoms with E-state index in [4.69, 9.17) is 10.5 Å². The van der Waals surface area contributed by atoms with E-state index < -0.39 is 0 Å². The Morgan fingerprint density at radius 2 is 2.37 bits per heavy atom. The second-order valence-corrected chi connectivity index (χ2v) is 4.90. The molecule has 1 aliphatic heterocycles. The average Bonchev–Trinajstić information content (AvgIpc) is 2.86. The second kappa shape index (κ2) is 6.02. The van der Waals surface area contributed by atoms with Gasteiger partial charge in [0.1, 0.15) is 5.82 Å². The molecule has 2 heterocycles. The number of pyridine rings is 1. The number of rotatable bonds is 4. The zero-order valence-electron chi connectivity index (χ0n) is 11.6. The number of nitrogen functional groups attached to an aromatic ring is 1. The zero-order chi connectivity index (χ0) is 13.8. The molecule has 0 spiro atoms. The van der Waals surface area contributed by atoms with Crippen LogP contribution in [0.4, 0.5) is 5.82 Å². The molecule has 0 aliphatic carbocycles. The molecule has 0 aromatic carbocycles. The van der Waals surface area contributed by atoms with Gasteiger partial charge in [-0.15, -0.1) is 0 Å². The number of hydrogen-bond acceptors (Lipinski definition) is 4. The van der Waals surface area contributed by atoms with Crippen LogP contribution < -0.4 is 5.73 Å². The van der Waals surface area contributed by atoms with Crippen LogP contribution in [-0.2, 0) is 4.74 Å². The van der Waals surface area contributed by atoms with Gasteiger partial charge in [0.2, 0.25) is 0 Å². The summed E-state index contributed by atoms with van der Waals surface area (Å²) in [5, 5.41) is 0. The number of anilines is 1. The number of aryl methyl sites for hydroxylation is 1. The van der Waals surface area contributed by atoms with E-state index in [1.165, 1.54) is 0 Å². The Morgan fingerprint density at radius 3 is 2.95 bits per heavy atom. The fraction of sp³-hybridized carbons (Fsp3) is 0.571. The summed E-state index contributed by atoms with van der Waals surface area (Å²) >= 11 is 0. The summed E-state index contributed by atoms with van der Waals surface area (Å²) in [5.74, 6) is 0.381. The highest BCUT2D eigenvalue weighted by Crippen LogP contribution is 2.16. The quantitative estimate of drug-likeness (QED) is 0.896. The molecule has 1 atom stereocenters. The molecule has 1 fully saturated rings. The van der Waals surface area contributed by atoms with Crippen molar-refractivity contribution in [2.75, 3.05) is 25.4 Å². The minimum absolute atomic E-state index is 0.00444. The van der Waals surface area contributed by atoms with Crippen molar-refractivity contribution < 1.29 is 9.53 Å². The predicted octanol–water partition coefficient (Wildman–Crippen LogP) is 1.61. The van der Waals surface area contributed by atoms with E-state index in [0.717, 1.165) is 25.1 Å². The van der Waals surface area contributed by atoms with Gasteiger partial charge in [0.15, 0.2) is 0 Å². The molecule has 1 saturated heterocycles. The summed E-state index contributed by atoms with van der Waals surface area (Å²) in [6.45, 7) is 5.93. The third-order valence-electron chi connectivity index (χ3n) is 3.34. The first kappa shape index (κ1) is 13.8. The van der Waals surface area contributed by atoms with Gasteiger partial charge in [0.05, 0.1) is 6.10 Å². The number of aromatic nitrogens is 1. The van der Waals surface area contributed by atoms with E-state index in [-0.39, 0.29) is 12.0 Å². The number of likely N-dealkylation sites (N-methyl/N-ethyl adjacent to an activating group) is 1. The smallest absolute Gasteiger partial charge is 0.254 e. The molecule has 1 amide bonds. The number of carbonyl (C=O) groups excluding carboxylic acids is 1. The molecule has 1 aliphatic rings. The van der Waals surface area contributed by atoms with Gasteiger partial charge in [-0.3, -0.25) is 4.79 Å². The van der Waals surface area contributed by atoms with E-state index in [1.807, 2.05) is 18.7 Å². The van der Waals surface area contributed by atoms with Gasteiger partial charge in [0.25, 0.3) is 5.91 Å². The van der Waals surface area contributed by atoms with Gasteiger partial charge in [-0.2, -0.15) is 0 Å². The standard InChI is InChI=1S/C14H21N3O2/c1-3-17(9-12-5-4-6-19-12)14(18)11-7-10(2)16-13(15)8-11/h7-8,12H,3-6,9H2,1-2H3,(H2,15,16). The first-order valence-corrected chi connectivity index (χ1v) is 6.75. The minimum atomic E-state index is -0.00444. The number of nitrogens with two attached hydrogens (primary N) is 1. The lowest BCUT2D eigenvalue weighted by molar-refractivity contribution is 0.0539. The van der Waals surface area contributed by atoms with Crippen LogP contribution in [0, 0.1) is 6.92 Å². The summed E-state index contributed by atoms with van der Waals surface area (Å²) in [7, 11) is 0. The number of nitrogens with zero attached hydrogens (tertiary/aromatic N) is 2. The van der Waals surface area contributed by atoms with Crippen LogP contribution in [0.15, 0.2) is 12.1 Å². The van der Waals surface area contributed by atoms with Crippen LogP contribution in [0.5, 0.6) is 0 Å². The highest BCUT2D eigenvalue weighted by molar-refractivity contribution is 5.95. The van der Waals surface area contributed by atoms with E-state index in [2.05, 4.69) is 4.98 Å². The van der Waals surface area contributed by atoms with Crippen molar-refractivity contribution in [3.05, 3.63) is 23.4 Å². The maximum Gasteiger partial charge on any atom is 0.254 e. The van der Waals surface area contributed by atoms with Gasteiger partial charge in [-0.25, -0.2) is 4.98 Å². The topological polar surface area (TPSA) is 68.5 Å². The SMILES string of the molecule is CCN(CC1CCCO1)C(=O)c1cc(C)nc(N)c1. The Balaban J connectivity index is 2.10. The van der Waals surface area contributed by atoms with Crippen LogP contribution in [0.3, 0.4) is 0 Å². The maximum atomic E-state index is 12.5. The number of ether oxygens (including phenoxy) is 1. The highest BCUT2D eigenvalue weighted by atomic mass is 16.5. The molecule has 1 aromatic rings. The molecule has 0 saturated carbocycles. The van der Waals surface area contributed by atoms with Crippen LogP contribution in [-0.4, -0.2) is 41.6 Å². The first-order valence-electron chi connectivity index (χ1n) is 6.75. The molecule has 0 radical (unpaired) electrons. The van der Waals surface area contributed by atoms with E-state index >= 15 is 0 Å². The summed E-state index contributed by atoms with van der Waals surface area (Å²) in [4.78, 5) is 18.4. The molecule has 104 valence electrons. The lowest BCUT2D eigenvalue weighted by Crippen LogP contribution is -2.37. The molecule has 19 heavy (non-hydrogen) atoms. The summed E-state index contributed by atoms with van der Waals surface area (Å²) in [5.41, 5.74) is 7.06. The largest absolute Gasteiger partial charge is 0.384 e. The molecule has 1 aromatic heterocycles. The average molecular weight is 263 g/mol. The van der Waals surface area contributed by atoms with Gasteiger partial charge in [-0.1, -0.05) is 0 Å². The van der Waals surface area contributed by atoms with Crippen molar-refractivity contribution in [3.63, 3.8) is 0 Å². The maximum absolute atomic E-state index is 12.5. The lowest BCUT2D eigenvalue weighted by Gasteiger charge is -2.24. The Kier molecular flexibility index (Phi) is 4.37. The number of carbonyl (C=O) groups is 1. The van der Waals surface area contributed by atoms with E-state index in [0.29, 0.717) is 24.5 Å². The van der Waals surface area contributed by atoms with Crippen molar-refractivity contribution in [1.29, 1.82) is 0 Å². The van der Waals surface area contributed by atoms with Crippen molar-refractivity contribution in [2.24, 2.45) is 0 Å². The van der Waals surface area contributed by atoms with Gasteiger partial charge < -0.3 is 15.4 Å². The fourth-order valence-electron chi connectivity index (χ4n) is 2.39. The normalized spacial score (nSPS) is 18.5. The number of amides is 1. The van der Waals surface area contributed by atoms with Crippen LogP contribution >= 0.6 is 0 Å². The monoisotopic (exact) mass is 263 g/mol. The molecule has 2 rings (SSSR count). The van der Waals surface area contributed by atoms with Crippen molar-refractivity contribution in [1.82, 2.24) is 9.88 Å². The molecule has 5 nitrogen and oxygen atoms in total. The number of hydrogen-bond donors (Lipinski definition) is 1. The summed E-state index contributed by atoms with van der Waals surface area (Å²) < 4.78 is 5.59. The van der Waals surface area contributed by atoms with Crippen molar-refractivity contribution >= 4 is 11.7 Å². The Hall–Kier alpha value is -1.62. The van der Waals surface area contributed by atoms with Crippen molar-refractivity contribution in [2.45, 2.75) is 32.8 Å². The Bertz CT molecular complexity index is 436. The van der Waals surface area contributed by atoms with E-state index in [1.54, 1.807) is 12.1 Å². The third-order valence-corrected chi connectivity index (χ3v) is 3.34. The van der Waals surface area contributed by atoms with E-state index in [9.17, 15) is 4.79 Å². The molecule has 2 N–H and O–H groups in total. The predicted molar refractivity (Wildman–Crippen MR) is 73.9 cm³/mol. The van der Waals surface area contributed by atoms with Gasteiger partial charge in [0, 0.05) is 31.0 Å². The summed E-state index contributed by atoms with van der Waals surface area (Å²) in [6.07, 6.45) is 2.28. The summed E-state index contributed by atoms with van der Waals surface area (Å²) in [6, 6.07) is 3.41. The second-order valence-electron chi connectivity index (χ2n) is 4.90. The molecular formula is C14H21N3O2. The van der Waals surface area contributed by atoms with Crippen molar-refractivity contribution in [3.8, 4) is 0 Å². The van der Waals surface area contributed by atoms with Gasteiger partial charge in [-0.05, 0) is 38.8 Å². The highest BCUT2D eigenvalue weighted by Gasteiger charge is 2.22. The Morgan fingerprint density at radius 1 is 1.58 bits per heavy atom. The lowest BCUT2D eigenvalue weighted by atomic mass is 10.1. The first-order chi connectivity index (χ1) is 9.10. The van der Waals surface area contributed by atoms with Crippen LogP contribution in [0.2, 0.25) is 0 Å². The molecule has 1 unspecified atom stereocenters. The third kappa shape index (κ3) is 3.44. The van der Waals surface area contributed by atoms with Gasteiger partial charge >= 0.3 is 0 Å². The molecule has 5 heteroatoms. The fourth-order valence-corrected chi connectivity index (χ4v) is 2.39. The Labute approximate surface area is 113 Å². The molecule has 0 bridgehead atoms. The minimum Gasteiger partial charge on any atom is -0.384 e. The van der Waals surface area contributed by atoms with Crippen LogP contribution in [0.1, 0.15) is 35.8 Å². The molecular weight excluding hydrogens is 242 g/mol. The van der Waals surface area contributed by atoms with Crippen LogP contribution in [0.25, 0.3) is 0 Å².